The van der Waals surface area contributed by atoms with E-state index < -0.39 is 0 Å². The normalized spacial score (nSPS) is 24.9. The molecule has 0 amide bonds. The van der Waals surface area contributed by atoms with Gasteiger partial charge in [-0.25, -0.2) is 9.97 Å². The molecule has 1 aliphatic carbocycles. The van der Waals surface area contributed by atoms with Gasteiger partial charge in [0.15, 0.2) is 5.16 Å². The summed E-state index contributed by atoms with van der Waals surface area (Å²) >= 11 is 1.85. The van der Waals surface area contributed by atoms with Crippen molar-refractivity contribution in [3.05, 3.63) is 17.5 Å². The average Bonchev–Trinajstić information content (AvgIpc) is 2.28. The first-order chi connectivity index (χ1) is 8.17. The molecular formula is C13H21N3S. The van der Waals surface area contributed by atoms with Gasteiger partial charge in [0, 0.05) is 22.7 Å². The quantitative estimate of drug-likeness (QED) is 0.838. The van der Waals surface area contributed by atoms with Gasteiger partial charge in [-0.05, 0) is 46.2 Å². The van der Waals surface area contributed by atoms with Gasteiger partial charge in [0.25, 0.3) is 0 Å². The van der Waals surface area contributed by atoms with Crippen molar-refractivity contribution in [3.8, 4) is 0 Å². The first-order valence-corrected chi connectivity index (χ1v) is 7.21. The summed E-state index contributed by atoms with van der Waals surface area (Å²) in [5, 5.41) is 5.01. The molecule has 1 aromatic rings. The fourth-order valence-electron chi connectivity index (χ4n) is 2.41. The zero-order valence-corrected chi connectivity index (χ0v) is 11.7. The van der Waals surface area contributed by atoms with Gasteiger partial charge in [-0.3, -0.25) is 0 Å². The standard InChI is InChI=1S/C13H21N3S/c1-9-7-10(2)16-13(15-9)17-12-6-4-5-11(8-12)14-3/h7,11-12,14H,4-6,8H2,1-3H3. The number of hydrogen-bond acceptors (Lipinski definition) is 4. The van der Waals surface area contributed by atoms with E-state index in [9.17, 15) is 0 Å². The molecule has 1 saturated carbocycles. The van der Waals surface area contributed by atoms with Gasteiger partial charge >= 0.3 is 0 Å². The highest BCUT2D eigenvalue weighted by Crippen LogP contribution is 2.32. The Morgan fingerprint density at radius 2 is 1.94 bits per heavy atom. The Balaban J connectivity index is 2.00. The largest absolute Gasteiger partial charge is 0.317 e. The first-order valence-electron chi connectivity index (χ1n) is 6.33. The first kappa shape index (κ1) is 12.8. The van der Waals surface area contributed by atoms with Gasteiger partial charge in [-0.2, -0.15) is 0 Å². The Bertz CT molecular complexity index is 361. The predicted octanol–water partition coefficient (Wildman–Crippen LogP) is 2.72. The summed E-state index contributed by atoms with van der Waals surface area (Å²) in [6.45, 7) is 4.08. The number of hydrogen-bond donors (Lipinski definition) is 1. The maximum absolute atomic E-state index is 4.51. The molecule has 2 rings (SSSR count). The molecule has 2 unspecified atom stereocenters. The lowest BCUT2D eigenvalue weighted by molar-refractivity contribution is 0.402. The number of thioether (sulfide) groups is 1. The van der Waals surface area contributed by atoms with Crippen LogP contribution in [0.2, 0.25) is 0 Å². The lowest BCUT2D eigenvalue weighted by atomic mass is 9.95. The Morgan fingerprint density at radius 3 is 2.59 bits per heavy atom. The molecule has 0 aromatic carbocycles. The van der Waals surface area contributed by atoms with Crippen LogP contribution >= 0.6 is 11.8 Å². The van der Waals surface area contributed by atoms with Crippen LogP contribution in [0.1, 0.15) is 37.1 Å². The molecule has 1 aliphatic rings. The molecule has 0 aliphatic heterocycles. The van der Waals surface area contributed by atoms with Crippen molar-refractivity contribution in [1.82, 2.24) is 15.3 Å². The van der Waals surface area contributed by atoms with E-state index in [2.05, 4.69) is 22.3 Å². The average molecular weight is 251 g/mol. The lowest BCUT2D eigenvalue weighted by Gasteiger charge is -2.27. The SMILES string of the molecule is CNC1CCCC(Sc2nc(C)cc(C)n2)C1. The van der Waals surface area contributed by atoms with E-state index in [0.29, 0.717) is 11.3 Å². The minimum absolute atomic E-state index is 0.669. The minimum atomic E-state index is 0.669. The fraction of sp³-hybridized carbons (Fsp3) is 0.692. The van der Waals surface area contributed by atoms with Crippen molar-refractivity contribution in [2.24, 2.45) is 0 Å². The second-order valence-corrected chi connectivity index (χ2v) is 6.09. The lowest BCUT2D eigenvalue weighted by Crippen LogP contribution is -2.32. The third kappa shape index (κ3) is 3.68. The zero-order chi connectivity index (χ0) is 12.3. The van der Waals surface area contributed by atoms with Crippen LogP contribution in [0.3, 0.4) is 0 Å². The van der Waals surface area contributed by atoms with Crippen LogP contribution in [0, 0.1) is 13.8 Å². The van der Waals surface area contributed by atoms with Crippen LogP contribution in [0.25, 0.3) is 0 Å². The Morgan fingerprint density at radius 1 is 1.24 bits per heavy atom. The van der Waals surface area contributed by atoms with Gasteiger partial charge in [0.2, 0.25) is 0 Å². The minimum Gasteiger partial charge on any atom is -0.317 e. The molecule has 4 heteroatoms. The smallest absolute Gasteiger partial charge is 0.188 e. The molecule has 1 aromatic heterocycles. The van der Waals surface area contributed by atoms with Crippen LogP contribution in [-0.4, -0.2) is 28.3 Å². The zero-order valence-electron chi connectivity index (χ0n) is 10.9. The molecule has 0 saturated heterocycles. The Labute approximate surface area is 108 Å². The van der Waals surface area contributed by atoms with Crippen LogP contribution in [-0.2, 0) is 0 Å². The van der Waals surface area contributed by atoms with E-state index >= 15 is 0 Å². The van der Waals surface area contributed by atoms with Crippen LogP contribution < -0.4 is 5.32 Å². The number of aryl methyl sites for hydroxylation is 2. The summed E-state index contributed by atoms with van der Waals surface area (Å²) in [5.74, 6) is 0. The maximum Gasteiger partial charge on any atom is 0.188 e. The highest BCUT2D eigenvalue weighted by atomic mass is 32.2. The summed E-state index contributed by atoms with van der Waals surface area (Å²) in [7, 11) is 2.06. The van der Waals surface area contributed by atoms with E-state index in [4.69, 9.17) is 0 Å². The molecule has 0 spiro atoms. The predicted molar refractivity (Wildman–Crippen MR) is 72.5 cm³/mol. The van der Waals surface area contributed by atoms with Crippen LogP contribution in [0.15, 0.2) is 11.2 Å². The third-order valence-electron chi connectivity index (χ3n) is 3.27. The van der Waals surface area contributed by atoms with Crippen molar-refractivity contribution in [1.29, 1.82) is 0 Å². The molecular weight excluding hydrogens is 230 g/mol. The molecule has 0 bridgehead atoms. The van der Waals surface area contributed by atoms with Crippen LogP contribution in [0.4, 0.5) is 0 Å². The molecule has 1 heterocycles. The summed E-state index contributed by atoms with van der Waals surface area (Å²) in [4.78, 5) is 9.02. The maximum atomic E-state index is 4.51. The highest BCUT2D eigenvalue weighted by Gasteiger charge is 2.22. The molecule has 1 N–H and O–H groups in total. The summed E-state index contributed by atoms with van der Waals surface area (Å²) in [6.07, 6.45) is 5.14. The van der Waals surface area contributed by atoms with Gasteiger partial charge in [-0.1, -0.05) is 18.2 Å². The topological polar surface area (TPSA) is 37.8 Å². The van der Waals surface area contributed by atoms with Gasteiger partial charge in [0.1, 0.15) is 0 Å². The van der Waals surface area contributed by atoms with Crippen molar-refractivity contribution in [2.75, 3.05) is 7.05 Å². The van der Waals surface area contributed by atoms with E-state index in [1.807, 2.05) is 31.7 Å². The summed E-state index contributed by atoms with van der Waals surface area (Å²) < 4.78 is 0. The fourth-order valence-corrected chi connectivity index (χ4v) is 3.71. The number of nitrogens with one attached hydrogen (secondary N) is 1. The molecule has 1 fully saturated rings. The van der Waals surface area contributed by atoms with Crippen molar-refractivity contribution >= 4 is 11.8 Å². The van der Waals surface area contributed by atoms with Gasteiger partial charge in [0.05, 0.1) is 0 Å². The third-order valence-corrected chi connectivity index (χ3v) is 4.42. The Hall–Kier alpha value is -0.610. The van der Waals surface area contributed by atoms with E-state index in [0.717, 1.165) is 16.5 Å². The van der Waals surface area contributed by atoms with E-state index in [1.165, 1.54) is 25.7 Å². The summed E-state index contributed by atoms with van der Waals surface area (Å²) in [6, 6.07) is 2.70. The second-order valence-electron chi connectivity index (χ2n) is 4.83. The van der Waals surface area contributed by atoms with Crippen molar-refractivity contribution < 1.29 is 0 Å². The Kier molecular flexibility index (Phi) is 4.40. The van der Waals surface area contributed by atoms with Gasteiger partial charge in [-0.15, -0.1) is 0 Å². The second kappa shape index (κ2) is 5.83. The monoisotopic (exact) mass is 251 g/mol. The number of aromatic nitrogens is 2. The molecule has 2 atom stereocenters. The molecule has 0 radical (unpaired) electrons. The van der Waals surface area contributed by atoms with Crippen LogP contribution in [0.5, 0.6) is 0 Å². The van der Waals surface area contributed by atoms with Gasteiger partial charge < -0.3 is 5.32 Å². The highest BCUT2D eigenvalue weighted by molar-refractivity contribution is 7.99. The van der Waals surface area contributed by atoms with Crippen molar-refractivity contribution in [2.45, 2.75) is 56.0 Å². The molecule has 3 nitrogen and oxygen atoms in total. The molecule has 17 heavy (non-hydrogen) atoms. The molecule has 94 valence electrons. The van der Waals surface area contributed by atoms with E-state index in [-0.39, 0.29) is 0 Å². The van der Waals surface area contributed by atoms with Crippen molar-refractivity contribution in [3.63, 3.8) is 0 Å². The number of rotatable bonds is 3. The number of nitrogens with zero attached hydrogens (tertiary/aromatic N) is 2. The van der Waals surface area contributed by atoms with E-state index in [1.54, 1.807) is 0 Å². The summed E-state index contributed by atoms with van der Waals surface area (Å²) in [5.41, 5.74) is 2.14.